The van der Waals surface area contributed by atoms with Crippen molar-refractivity contribution in [2.45, 2.75) is 12.8 Å². The molecular formula is C10H10BrNO4. The van der Waals surface area contributed by atoms with Crippen molar-refractivity contribution < 1.29 is 14.5 Å². The molecule has 0 aliphatic heterocycles. The van der Waals surface area contributed by atoms with Crippen LogP contribution in [0.5, 0.6) is 0 Å². The minimum absolute atomic E-state index is 0.0823. The summed E-state index contributed by atoms with van der Waals surface area (Å²) in [4.78, 5) is 21.6. The van der Waals surface area contributed by atoms with Crippen LogP contribution in [-0.2, 0) is 9.53 Å². The smallest absolute Gasteiger partial charge is 0.313 e. The van der Waals surface area contributed by atoms with Gasteiger partial charge in [0.25, 0.3) is 5.69 Å². The predicted molar refractivity (Wildman–Crippen MR) is 61.2 cm³/mol. The molecule has 0 aliphatic rings. The highest BCUT2D eigenvalue weighted by Crippen LogP contribution is 2.30. The lowest BCUT2D eigenvalue weighted by Gasteiger charge is -2.10. The monoisotopic (exact) mass is 287 g/mol. The van der Waals surface area contributed by atoms with Gasteiger partial charge in [-0.2, -0.15) is 0 Å². The number of nitrogens with zero attached hydrogens (tertiary/aromatic N) is 1. The maximum absolute atomic E-state index is 11.3. The summed E-state index contributed by atoms with van der Waals surface area (Å²) in [6.07, 6.45) is 0. The molecular weight excluding hydrogens is 278 g/mol. The minimum atomic E-state index is -0.664. The average molecular weight is 288 g/mol. The Bertz CT molecular complexity index is 433. The summed E-state index contributed by atoms with van der Waals surface area (Å²) in [5, 5.41) is 10.8. The number of benzene rings is 1. The Kier molecular flexibility index (Phi) is 4.00. The maximum Gasteiger partial charge on any atom is 0.313 e. The van der Waals surface area contributed by atoms with E-state index < -0.39 is 16.8 Å². The molecule has 1 unspecified atom stereocenters. The average Bonchev–Trinajstić information content (AvgIpc) is 2.26. The number of hydrogen-bond donors (Lipinski definition) is 0. The van der Waals surface area contributed by atoms with Crippen LogP contribution in [0.1, 0.15) is 18.4 Å². The molecule has 1 rings (SSSR count). The molecule has 0 amide bonds. The van der Waals surface area contributed by atoms with E-state index in [0.29, 0.717) is 10.0 Å². The summed E-state index contributed by atoms with van der Waals surface area (Å²) < 4.78 is 5.25. The van der Waals surface area contributed by atoms with Gasteiger partial charge in [0.05, 0.1) is 18.0 Å². The van der Waals surface area contributed by atoms with Crippen LogP contribution in [0.4, 0.5) is 5.69 Å². The third kappa shape index (κ3) is 2.57. The number of esters is 1. The lowest BCUT2D eigenvalue weighted by Crippen LogP contribution is -2.12. The summed E-state index contributed by atoms with van der Waals surface area (Å²) in [6.45, 7) is 1.57. The van der Waals surface area contributed by atoms with Gasteiger partial charge in [-0.3, -0.25) is 14.9 Å². The summed E-state index contributed by atoms with van der Waals surface area (Å²) in [6, 6.07) is 4.48. The van der Waals surface area contributed by atoms with E-state index >= 15 is 0 Å². The fourth-order valence-corrected chi connectivity index (χ4v) is 1.72. The Labute approximate surface area is 101 Å². The number of rotatable bonds is 3. The van der Waals surface area contributed by atoms with Crippen molar-refractivity contribution in [3.05, 3.63) is 38.3 Å². The van der Waals surface area contributed by atoms with Gasteiger partial charge >= 0.3 is 5.97 Å². The first kappa shape index (κ1) is 12.6. The van der Waals surface area contributed by atoms with Gasteiger partial charge in [-0.15, -0.1) is 0 Å². The van der Waals surface area contributed by atoms with Crippen molar-refractivity contribution in [2.75, 3.05) is 7.11 Å². The number of nitro groups is 1. The van der Waals surface area contributed by atoms with Crippen molar-refractivity contribution in [3.8, 4) is 0 Å². The van der Waals surface area contributed by atoms with Crippen LogP contribution in [0.2, 0.25) is 0 Å². The molecule has 0 radical (unpaired) electrons. The number of hydrogen-bond acceptors (Lipinski definition) is 4. The zero-order valence-electron chi connectivity index (χ0n) is 8.77. The van der Waals surface area contributed by atoms with Gasteiger partial charge in [-0.1, -0.05) is 15.9 Å². The van der Waals surface area contributed by atoms with Crippen molar-refractivity contribution in [2.24, 2.45) is 0 Å². The molecule has 86 valence electrons. The van der Waals surface area contributed by atoms with Gasteiger partial charge in [0, 0.05) is 16.1 Å². The zero-order valence-corrected chi connectivity index (χ0v) is 10.4. The molecule has 5 nitrogen and oxygen atoms in total. The van der Waals surface area contributed by atoms with Crippen LogP contribution >= 0.6 is 15.9 Å². The minimum Gasteiger partial charge on any atom is -0.469 e. The molecule has 6 heteroatoms. The second-order valence-corrected chi connectivity index (χ2v) is 4.12. The molecule has 0 aromatic heterocycles. The summed E-state index contributed by atoms with van der Waals surface area (Å²) in [7, 11) is 1.25. The van der Waals surface area contributed by atoms with Crippen LogP contribution < -0.4 is 0 Å². The van der Waals surface area contributed by atoms with E-state index in [4.69, 9.17) is 0 Å². The normalized spacial score (nSPS) is 11.9. The second kappa shape index (κ2) is 5.07. The number of ether oxygens (including phenoxy) is 1. The molecule has 0 fully saturated rings. The van der Waals surface area contributed by atoms with Crippen molar-refractivity contribution in [3.63, 3.8) is 0 Å². The third-order valence-electron chi connectivity index (χ3n) is 2.21. The molecule has 0 saturated carbocycles. The number of methoxy groups -OCH3 is 1. The summed E-state index contributed by atoms with van der Waals surface area (Å²) in [5.74, 6) is -1.16. The Balaban J connectivity index is 3.24. The Morgan fingerprint density at radius 3 is 2.69 bits per heavy atom. The highest BCUT2D eigenvalue weighted by atomic mass is 79.9. The standard InChI is InChI=1S/C10H10BrNO4/c1-6(10(13)16-2)8-5-7(11)3-4-9(8)12(14)15/h3-6H,1-2H3. The van der Waals surface area contributed by atoms with E-state index in [0.717, 1.165) is 0 Å². The molecule has 0 aliphatic carbocycles. The zero-order chi connectivity index (χ0) is 12.3. The highest BCUT2D eigenvalue weighted by molar-refractivity contribution is 9.10. The van der Waals surface area contributed by atoms with Gasteiger partial charge in [-0.25, -0.2) is 0 Å². The van der Waals surface area contributed by atoms with E-state index in [1.165, 1.54) is 13.2 Å². The van der Waals surface area contributed by atoms with E-state index in [9.17, 15) is 14.9 Å². The Morgan fingerprint density at radius 1 is 1.56 bits per heavy atom. The summed E-state index contributed by atoms with van der Waals surface area (Å²) in [5.41, 5.74) is 0.257. The molecule has 1 atom stereocenters. The fourth-order valence-electron chi connectivity index (χ4n) is 1.34. The quantitative estimate of drug-likeness (QED) is 0.487. The first-order chi connectivity index (χ1) is 7.47. The predicted octanol–water partition coefficient (Wildman–Crippen LogP) is 2.63. The second-order valence-electron chi connectivity index (χ2n) is 3.21. The molecule has 0 spiro atoms. The fraction of sp³-hybridized carbons (Fsp3) is 0.300. The molecule has 1 aromatic rings. The van der Waals surface area contributed by atoms with Crippen LogP contribution in [0.3, 0.4) is 0 Å². The van der Waals surface area contributed by atoms with Gasteiger partial charge in [0.15, 0.2) is 0 Å². The lowest BCUT2D eigenvalue weighted by atomic mass is 9.99. The van der Waals surface area contributed by atoms with Crippen molar-refractivity contribution in [1.82, 2.24) is 0 Å². The molecule has 1 aromatic carbocycles. The number of halogens is 1. The Hall–Kier alpha value is -1.43. The van der Waals surface area contributed by atoms with Crippen LogP contribution in [0, 0.1) is 10.1 Å². The topological polar surface area (TPSA) is 69.4 Å². The van der Waals surface area contributed by atoms with E-state index in [-0.39, 0.29) is 5.69 Å². The van der Waals surface area contributed by atoms with Crippen LogP contribution in [0.25, 0.3) is 0 Å². The molecule has 0 bridgehead atoms. The maximum atomic E-state index is 11.3. The SMILES string of the molecule is COC(=O)C(C)c1cc(Br)ccc1[N+](=O)[O-]. The van der Waals surface area contributed by atoms with Crippen molar-refractivity contribution >= 4 is 27.6 Å². The van der Waals surface area contributed by atoms with Gasteiger partial charge in [-0.05, 0) is 19.1 Å². The first-order valence-electron chi connectivity index (χ1n) is 4.49. The first-order valence-corrected chi connectivity index (χ1v) is 5.28. The summed E-state index contributed by atoms with van der Waals surface area (Å²) >= 11 is 3.21. The van der Waals surface area contributed by atoms with Crippen LogP contribution in [0.15, 0.2) is 22.7 Å². The van der Waals surface area contributed by atoms with E-state index in [2.05, 4.69) is 20.7 Å². The largest absolute Gasteiger partial charge is 0.469 e. The van der Waals surface area contributed by atoms with Crippen LogP contribution in [-0.4, -0.2) is 18.0 Å². The van der Waals surface area contributed by atoms with Gasteiger partial charge in [0.2, 0.25) is 0 Å². The lowest BCUT2D eigenvalue weighted by molar-refractivity contribution is -0.385. The highest BCUT2D eigenvalue weighted by Gasteiger charge is 2.24. The van der Waals surface area contributed by atoms with Gasteiger partial charge in [0.1, 0.15) is 0 Å². The molecule has 0 saturated heterocycles. The van der Waals surface area contributed by atoms with Crippen molar-refractivity contribution in [1.29, 1.82) is 0 Å². The number of carbonyl (C=O) groups is 1. The number of nitro benzene ring substituents is 1. The van der Waals surface area contributed by atoms with Gasteiger partial charge < -0.3 is 4.74 Å². The van der Waals surface area contributed by atoms with E-state index in [1.807, 2.05) is 0 Å². The third-order valence-corrected chi connectivity index (χ3v) is 2.70. The Morgan fingerprint density at radius 2 is 2.19 bits per heavy atom. The molecule has 16 heavy (non-hydrogen) atoms. The molecule has 0 heterocycles. The molecule has 0 N–H and O–H groups in total. The number of carbonyl (C=O) groups excluding carboxylic acids is 1. The van der Waals surface area contributed by atoms with E-state index in [1.54, 1.807) is 19.1 Å².